The maximum absolute atomic E-state index is 14.2. The Bertz CT molecular complexity index is 1680. The van der Waals surface area contributed by atoms with Crippen LogP contribution in [0.2, 0.25) is 0 Å². The molecule has 4 aromatic rings. The van der Waals surface area contributed by atoms with Crippen molar-refractivity contribution in [3.63, 3.8) is 0 Å². The van der Waals surface area contributed by atoms with E-state index in [0.717, 1.165) is 29.4 Å². The van der Waals surface area contributed by atoms with Crippen LogP contribution in [0.25, 0.3) is 5.69 Å². The Morgan fingerprint density at radius 2 is 1.76 bits per heavy atom. The van der Waals surface area contributed by atoms with Gasteiger partial charge in [0, 0.05) is 23.6 Å². The average molecular weight is 573 g/mol. The molecular formula is C31H27F3N6O2. The number of aryl methyl sites for hydroxylation is 1. The van der Waals surface area contributed by atoms with E-state index in [2.05, 4.69) is 10.6 Å². The maximum Gasteiger partial charge on any atom is 0.416 e. The van der Waals surface area contributed by atoms with Gasteiger partial charge < -0.3 is 10.6 Å². The molecule has 0 spiro atoms. The lowest BCUT2D eigenvalue weighted by Gasteiger charge is -2.39. The quantitative estimate of drug-likeness (QED) is 0.238. The SMILES string of the molecule is CCN1C(=O)[C@@H](NC(=O)c2cccc(C(F)(F)F)c2)[C@H](c2ccccc2CNC#N)c2c(C)nn(-c3ccccc3)c21. The summed E-state index contributed by atoms with van der Waals surface area (Å²) >= 11 is 0. The smallest absolute Gasteiger partial charge is 0.339 e. The predicted molar refractivity (Wildman–Crippen MR) is 150 cm³/mol. The van der Waals surface area contributed by atoms with Crippen molar-refractivity contribution >= 4 is 17.6 Å². The molecule has 2 atom stereocenters. The number of likely N-dealkylation sites (N-methyl/N-ethyl adjacent to an activating group) is 1. The number of hydrogen-bond donors (Lipinski definition) is 2. The van der Waals surface area contributed by atoms with Gasteiger partial charge in [-0.25, -0.2) is 4.68 Å². The van der Waals surface area contributed by atoms with E-state index >= 15 is 0 Å². The second-order valence-corrected chi connectivity index (χ2v) is 9.82. The molecule has 0 bridgehead atoms. The number of alkyl halides is 3. The number of para-hydroxylation sites is 1. The molecule has 1 aliphatic heterocycles. The molecule has 0 aliphatic carbocycles. The van der Waals surface area contributed by atoms with Gasteiger partial charge in [0.15, 0.2) is 6.19 Å². The molecular weight excluding hydrogens is 545 g/mol. The fourth-order valence-electron chi connectivity index (χ4n) is 5.46. The van der Waals surface area contributed by atoms with Crippen LogP contribution < -0.4 is 15.5 Å². The molecule has 0 radical (unpaired) electrons. The van der Waals surface area contributed by atoms with Crippen LogP contribution in [-0.4, -0.2) is 34.2 Å². The van der Waals surface area contributed by atoms with Gasteiger partial charge in [0.2, 0.25) is 0 Å². The highest BCUT2D eigenvalue weighted by atomic mass is 19.4. The molecule has 5 rings (SSSR count). The lowest BCUT2D eigenvalue weighted by Crippen LogP contribution is -2.55. The summed E-state index contributed by atoms with van der Waals surface area (Å²) in [5.74, 6) is -1.46. The molecule has 214 valence electrons. The van der Waals surface area contributed by atoms with Gasteiger partial charge in [-0.3, -0.25) is 14.5 Å². The Morgan fingerprint density at radius 1 is 1.05 bits per heavy atom. The number of amides is 2. The number of anilines is 1. The molecule has 1 aromatic heterocycles. The first-order valence-electron chi connectivity index (χ1n) is 13.3. The number of carbonyl (C=O) groups excluding carboxylic acids is 2. The minimum Gasteiger partial charge on any atom is -0.339 e. The summed E-state index contributed by atoms with van der Waals surface area (Å²) in [6, 6.07) is 19.5. The highest BCUT2D eigenvalue weighted by Gasteiger charge is 2.46. The minimum absolute atomic E-state index is 0.171. The van der Waals surface area contributed by atoms with Gasteiger partial charge in [0.25, 0.3) is 11.8 Å². The maximum atomic E-state index is 14.2. The number of nitrogens with zero attached hydrogens (tertiary/aromatic N) is 4. The highest BCUT2D eigenvalue weighted by molar-refractivity contribution is 6.05. The topological polar surface area (TPSA) is 103 Å². The van der Waals surface area contributed by atoms with E-state index in [4.69, 9.17) is 5.10 Å². The molecule has 42 heavy (non-hydrogen) atoms. The second-order valence-electron chi connectivity index (χ2n) is 9.82. The fourth-order valence-corrected chi connectivity index (χ4v) is 5.46. The van der Waals surface area contributed by atoms with Crippen molar-refractivity contribution in [2.75, 3.05) is 11.4 Å². The van der Waals surface area contributed by atoms with Crippen molar-refractivity contribution < 1.29 is 22.8 Å². The van der Waals surface area contributed by atoms with Gasteiger partial charge in [-0.2, -0.15) is 23.5 Å². The summed E-state index contributed by atoms with van der Waals surface area (Å²) in [6.07, 6.45) is -2.73. The summed E-state index contributed by atoms with van der Waals surface area (Å²) < 4.78 is 41.9. The molecule has 0 saturated heterocycles. The summed E-state index contributed by atoms with van der Waals surface area (Å²) in [6.45, 7) is 4.04. The van der Waals surface area contributed by atoms with E-state index in [-0.39, 0.29) is 18.7 Å². The Balaban J connectivity index is 1.69. The van der Waals surface area contributed by atoms with Crippen LogP contribution in [0, 0.1) is 18.4 Å². The number of aromatic nitrogens is 2. The van der Waals surface area contributed by atoms with Crippen LogP contribution in [0.4, 0.5) is 19.0 Å². The first-order valence-corrected chi connectivity index (χ1v) is 13.3. The van der Waals surface area contributed by atoms with Crippen LogP contribution in [0.3, 0.4) is 0 Å². The van der Waals surface area contributed by atoms with Crippen LogP contribution in [-0.2, 0) is 17.5 Å². The van der Waals surface area contributed by atoms with E-state index in [9.17, 15) is 28.0 Å². The second kappa shape index (κ2) is 11.4. The number of rotatable bonds is 7. The number of nitriles is 1. The third-order valence-electron chi connectivity index (χ3n) is 7.32. The lowest BCUT2D eigenvalue weighted by molar-refractivity contribution is -0.137. The van der Waals surface area contributed by atoms with Crippen molar-refractivity contribution in [3.8, 4) is 11.9 Å². The molecule has 3 aromatic carbocycles. The van der Waals surface area contributed by atoms with Gasteiger partial charge in [0.05, 0.1) is 23.5 Å². The zero-order valence-electron chi connectivity index (χ0n) is 22.8. The molecule has 1 aliphatic rings. The number of carbonyl (C=O) groups is 2. The van der Waals surface area contributed by atoms with Crippen molar-refractivity contribution in [1.82, 2.24) is 20.4 Å². The minimum atomic E-state index is -4.64. The number of fused-ring (bicyclic) bond motifs is 1. The molecule has 2 heterocycles. The van der Waals surface area contributed by atoms with Gasteiger partial charge in [-0.15, -0.1) is 0 Å². The lowest BCUT2D eigenvalue weighted by atomic mass is 9.79. The number of halogens is 3. The molecule has 0 saturated carbocycles. The Labute approximate surface area is 240 Å². The molecule has 0 unspecified atom stereocenters. The summed E-state index contributed by atoms with van der Waals surface area (Å²) in [5.41, 5.74) is 2.25. The highest BCUT2D eigenvalue weighted by Crippen LogP contribution is 2.44. The predicted octanol–water partition coefficient (Wildman–Crippen LogP) is 5.07. The number of nitrogens with one attached hydrogen (secondary N) is 2. The zero-order chi connectivity index (χ0) is 30.0. The van der Waals surface area contributed by atoms with E-state index in [0.29, 0.717) is 22.6 Å². The molecule has 2 amide bonds. The molecule has 11 heteroatoms. The standard InChI is InChI=1S/C31H27F3N6O2/c1-3-39-29-25(19(2)38-40(29)23-13-5-4-6-14-23)26(24-15-8-7-10-21(24)17-36-18-35)27(30(39)42)37-28(41)20-11-9-12-22(16-20)31(32,33)34/h4-16,26-27,36H,3,17H2,1-2H3,(H,37,41)/t26-,27+/m1/s1. The van der Waals surface area contributed by atoms with E-state index in [1.54, 1.807) is 23.7 Å². The average Bonchev–Trinajstić information content (AvgIpc) is 3.33. The fraction of sp³-hybridized carbons (Fsp3) is 0.226. The summed E-state index contributed by atoms with van der Waals surface area (Å²) in [4.78, 5) is 29.2. The van der Waals surface area contributed by atoms with Crippen LogP contribution >= 0.6 is 0 Å². The summed E-state index contributed by atoms with van der Waals surface area (Å²) in [7, 11) is 0. The largest absolute Gasteiger partial charge is 0.416 e. The molecule has 0 fully saturated rings. The van der Waals surface area contributed by atoms with Gasteiger partial charge >= 0.3 is 6.18 Å². The zero-order valence-corrected chi connectivity index (χ0v) is 22.8. The first kappa shape index (κ1) is 28.4. The Hall–Kier alpha value is -5.11. The van der Waals surface area contributed by atoms with Crippen molar-refractivity contribution in [2.45, 2.75) is 38.5 Å². The molecule has 8 nitrogen and oxygen atoms in total. The normalized spacial score (nSPS) is 16.5. The molecule has 2 N–H and O–H groups in total. The number of benzene rings is 3. The Morgan fingerprint density at radius 3 is 2.45 bits per heavy atom. The third-order valence-corrected chi connectivity index (χ3v) is 7.32. The summed E-state index contributed by atoms with van der Waals surface area (Å²) in [5, 5.41) is 19.4. The third kappa shape index (κ3) is 5.19. The van der Waals surface area contributed by atoms with Gasteiger partial charge in [-0.05, 0) is 55.3 Å². The first-order chi connectivity index (χ1) is 20.2. The van der Waals surface area contributed by atoms with Crippen LogP contribution in [0.1, 0.15) is 51.1 Å². The van der Waals surface area contributed by atoms with Crippen molar-refractivity contribution in [2.24, 2.45) is 0 Å². The van der Waals surface area contributed by atoms with E-state index < -0.39 is 35.5 Å². The Kier molecular flexibility index (Phi) is 7.72. The monoisotopic (exact) mass is 572 g/mol. The van der Waals surface area contributed by atoms with Gasteiger partial charge in [0.1, 0.15) is 11.9 Å². The number of hydrogen-bond acceptors (Lipinski definition) is 5. The van der Waals surface area contributed by atoms with Crippen molar-refractivity contribution in [3.05, 3.63) is 112 Å². The van der Waals surface area contributed by atoms with Crippen molar-refractivity contribution in [1.29, 1.82) is 5.26 Å². The van der Waals surface area contributed by atoms with E-state index in [1.165, 1.54) is 11.0 Å². The van der Waals surface area contributed by atoms with E-state index in [1.807, 2.05) is 55.6 Å². The van der Waals surface area contributed by atoms with Crippen LogP contribution in [0.15, 0.2) is 78.9 Å². The van der Waals surface area contributed by atoms with Gasteiger partial charge in [-0.1, -0.05) is 48.5 Å². The van der Waals surface area contributed by atoms with Crippen LogP contribution in [0.5, 0.6) is 0 Å².